The summed E-state index contributed by atoms with van der Waals surface area (Å²) in [6.45, 7) is 2.18. The molecule has 0 spiro atoms. The van der Waals surface area contributed by atoms with E-state index < -0.39 is 0 Å². The fourth-order valence-corrected chi connectivity index (χ4v) is 4.03. The van der Waals surface area contributed by atoms with Crippen LogP contribution >= 0.6 is 27.3 Å². The number of thiophene rings is 1. The van der Waals surface area contributed by atoms with Crippen LogP contribution < -0.4 is 5.32 Å². The number of hydrogen-bond acceptors (Lipinski definition) is 3. The summed E-state index contributed by atoms with van der Waals surface area (Å²) in [6.07, 6.45) is 3.76. The van der Waals surface area contributed by atoms with Crippen molar-refractivity contribution in [1.29, 1.82) is 0 Å². The second-order valence-corrected chi connectivity index (χ2v) is 7.69. The van der Waals surface area contributed by atoms with Crippen LogP contribution in [0.2, 0.25) is 0 Å². The first-order chi connectivity index (χ1) is 10.2. The molecular formula is C14H17BrN4OS. The lowest BCUT2D eigenvalue weighted by atomic mass is 9.94. The summed E-state index contributed by atoms with van der Waals surface area (Å²) in [5.41, 5.74) is 1.18. The molecule has 2 aromatic heterocycles. The first-order valence-corrected chi connectivity index (χ1v) is 8.59. The van der Waals surface area contributed by atoms with Crippen molar-refractivity contribution in [2.45, 2.75) is 25.3 Å². The van der Waals surface area contributed by atoms with Gasteiger partial charge in [0.25, 0.3) is 0 Å². The molecule has 0 unspecified atom stereocenters. The van der Waals surface area contributed by atoms with Crippen molar-refractivity contribution >= 4 is 33.3 Å². The number of nitrogens with zero attached hydrogens (tertiary/aromatic N) is 2. The topological polar surface area (TPSA) is 61.0 Å². The third kappa shape index (κ3) is 3.65. The van der Waals surface area contributed by atoms with E-state index in [4.69, 9.17) is 0 Å². The molecule has 3 rings (SSSR count). The fraction of sp³-hybridized carbons (Fsp3) is 0.429. The molecule has 0 saturated carbocycles. The molecule has 2 aromatic rings. The normalized spacial score (nSPS) is 16.1. The Kier molecular flexibility index (Phi) is 4.60. The van der Waals surface area contributed by atoms with Gasteiger partial charge >= 0.3 is 6.03 Å². The Morgan fingerprint density at radius 2 is 2.24 bits per heavy atom. The van der Waals surface area contributed by atoms with Gasteiger partial charge in [-0.15, -0.1) is 11.3 Å². The Hall–Kier alpha value is -1.34. The Bertz CT molecular complexity index is 590. The number of urea groups is 1. The van der Waals surface area contributed by atoms with Crippen LogP contribution in [0.3, 0.4) is 0 Å². The highest BCUT2D eigenvalue weighted by Crippen LogP contribution is 2.26. The molecule has 5 nitrogen and oxygen atoms in total. The van der Waals surface area contributed by atoms with Gasteiger partial charge in [0.1, 0.15) is 0 Å². The van der Waals surface area contributed by atoms with E-state index in [1.54, 1.807) is 17.5 Å². The van der Waals surface area contributed by atoms with Crippen molar-refractivity contribution in [1.82, 2.24) is 20.4 Å². The van der Waals surface area contributed by atoms with E-state index in [0.717, 1.165) is 34.6 Å². The number of aromatic amines is 1. The monoisotopic (exact) mass is 368 g/mol. The molecule has 2 amide bonds. The molecule has 0 radical (unpaired) electrons. The second kappa shape index (κ2) is 6.62. The number of hydrogen-bond donors (Lipinski definition) is 2. The van der Waals surface area contributed by atoms with Crippen LogP contribution in [-0.2, 0) is 6.54 Å². The third-order valence-corrected chi connectivity index (χ3v) is 5.41. The van der Waals surface area contributed by atoms with Crippen LogP contribution in [0, 0.1) is 0 Å². The summed E-state index contributed by atoms with van der Waals surface area (Å²) >= 11 is 5.08. The Morgan fingerprint density at radius 3 is 2.86 bits per heavy atom. The maximum absolute atomic E-state index is 12.2. The molecule has 1 saturated heterocycles. The summed E-state index contributed by atoms with van der Waals surface area (Å²) in [6, 6.07) is 6.08. The number of carbonyl (C=O) groups is 1. The lowest BCUT2D eigenvalue weighted by molar-refractivity contribution is 0.180. The highest BCUT2D eigenvalue weighted by molar-refractivity contribution is 9.11. The average Bonchev–Trinajstić information content (AvgIpc) is 3.16. The van der Waals surface area contributed by atoms with E-state index in [1.807, 2.05) is 23.1 Å². The summed E-state index contributed by atoms with van der Waals surface area (Å²) in [4.78, 5) is 15.2. The highest BCUT2D eigenvalue weighted by Gasteiger charge is 2.24. The van der Waals surface area contributed by atoms with E-state index in [-0.39, 0.29) is 6.03 Å². The maximum Gasteiger partial charge on any atom is 0.317 e. The van der Waals surface area contributed by atoms with Crippen LogP contribution in [-0.4, -0.2) is 34.2 Å². The summed E-state index contributed by atoms with van der Waals surface area (Å²) < 4.78 is 1.09. The lowest BCUT2D eigenvalue weighted by Crippen LogP contribution is -2.43. The van der Waals surface area contributed by atoms with Crippen molar-refractivity contribution in [3.8, 4) is 0 Å². The van der Waals surface area contributed by atoms with Crippen LogP contribution in [0.15, 0.2) is 28.2 Å². The number of rotatable bonds is 3. The molecule has 1 fully saturated rings. The lowest BCUT2D eigenvalue weighted by Gasteiger charge is -2.31. The van der Waals surface area contributed by atoms with Gasteiger partial charge in [-0.05, 0) is 47.0 Å². The van der Waals surface area contributed by atoms with Crippen molar-refractivity contribution in [2.24, 2.45) is 0 Å². The van der Waals surface area contributed by atoms with Gasteiger partial charge < -0.3 is 10.2 Å². The predicted octanol–water partition coefficient (Wildman–Crippen LogP) is 3.32. The largest absolute Gasteiger partial charge is 0.333 e. The molecular weight excluding hydrogens is 352 g/mol. The predicted molar refractivity (Wildman–Crippen MR) is 86.4 cm³/mol. The number of likely N-dealkylation sites (tertiary alicyclic amines) is 1. The minimum Gasteiger partial charge on any atom is -0.333 e. The highest BCUT2D eigenvalue weighted by atomic mass is 79.9. The third-order valence-electron chi connectivity index (χ3n) is 3.79. The smallest absolute Gasteiger partial charge is 0.317 e. The van der Waals surface area contributed by atoms with E-state index in [0.29, 0.717) is 12.5 Å². The number of piperidine rings is 1. The molecule has 3 heterocycles. The van der Waals surface area contributed by atoms with Gasteiger partial charge in [0.15, 0.2) is 0 Å². The van der Waals surface area contributed by atoms with E-state index in [1.165, 1.54) is 5.69 Å². The maximum atomic E-state index is 12.2. The molecule has 1 aliphatic rings. The van der Waals surface area contributed by atoms with Crippen LogP contribution in [0.4, 0.5) is 4.79 Å². The van der Waals surface area contributed by atoms with Gasteiger partial charge in [-0.3, -0.25) is 5.10 Å². The molecule has 0 atom stereocenters. The molecule has 1 aliphatic heterocycles. The van der Waals surface area contributed by atoms with Gasteiger partial charge in [0, 0.05) is 35.8 Å². The quantitative estimate of drug-likeness (QED) is 0.872. The standard InChI is InChI=1S/C14H17BrN4OS/c15-13-2-1-11(21-13)9-16-14(20)19-7-4-10(5-8-19)12-3-6-17-18-12/h1-3,6,10H,4-5,7-9H2,(H,16,20)(H,17,18). The summed E-state index contributed by atoms with van der Waals surface area (Å²) in [7, 11) is 0. The van der Waals surface area contributed by atoms with Gasteiger partial charge in [-0.2, -0.15) is 5.10 Å². The fourth-order valence-electron chi connectivity index (χ4n) is 2.61. The van der Waals surface area contributed by atoms with E-state index in [2.05, 4.69) is 31.4 Å². The first-order valence-electron chi connectivity index (χ1n) is 6.98. The zero-order valence-electron chi connectivity index (χ0n) is 11.5. The number of halogens is 1. The van der Waals surface area contributed by atoms with Crippen LogP contribution in [0.1, 0.15) is 29.3 Å². The Labute approximate surface area is 135 Å². The molecule has 2 N–H and O–H groups in total. The number of aromatic nitrogens is 2. The summed E-state index contributed by atoms with van der Waals surface area (Å²) in [5.74, 6) is 0.491. The molecule has 0 bridgehead atoms. The van der Waals surface area contributed by atoms with Gasteiger partial charge in [0.05, 0.1) is 10.3 Å². The van der Waals surface area contributed by atoms with Crippen molar-refractivity contribution in [3.05, 3.63) is 38.8 Å². The van der Waals surface area contributed by atoms with Crippen molar-refractivity contribution < 1.29 is 4.79 Å². The summed E-state index contributed by atoms with van der Waals surface area (Å²) in [5, 5.41) is 10.0. The molecule has 21 heavy (non-hydrogen) atoms. The zero-order chi connectivity index (χ0) is 14.7. The van der Waals surface area contributed by atoms with Gasteiger partial charge in [-0.1, -0.05) is 0 Å². The van der Waals surface area contributed by atoms with Crippen LogP contribution in [0.25, 0.3) is 0 Å². The van der Waals surface area contributed by atoms with Crippen LogP contribution in [0.5, 0.6) is 0 Å². The van der Waals surface area contributed by atoms with Gasteiger partial charge in [-0.25, -0.2) is 4.79 Å². The second-order valence-electron chi connectivity index (χ2n) is 5.14. The number of amides is 2. The number of nitrogens with one attached hydrogen (secondary N) is 2. The Balaban J connectivity index is 1.46. The minimum atomic E-state index is 0.0302. The molecule has 112 valence electrons. The number of H-pyrrole nitrogens is 1. The number of carbonyl (C=O) groups excluding carboxylic acids is 1. The molecule has 0 aliphatic carbocycles. The van der Waals surface area contributed by atoms with Gasteiger partial charge in [0.2, 0.25) is 0 Å². The van der Waals surface area contributed by atoms with Crippen molar-refractivity contribution in [3.63, 3.8) is 0 Å². The minimum absolute atomic E-state index is 0.0302. The zero-order valence-corrected chi connectivity index (χ0v) is 13.9. The SMILES string of the molecule is O=C(NCc1ccc(Br)s1)N1CCC(c2ccn[nH]2)CC1. The van der Waals surface area contributed by atoms with E-state index >= 15 is 0 Å². The average molecular weight is 369 g/mol. The Morgan fingerprint density at radius 1 is 1.43 bits per heavy atom. The van der Waals surface area contributed by atoms with Crippen molar-refractivity contribution in [2.75, 3.05) is 13.1 Å². The van der Waals surface area contributed by atoms with E-state index in [9.17, 15) is 4.79 Å². The molecule has 7 heteroatoms. The molecule has 0 aromatic carbocycles. The first kappa shape index (κ1) is 14.6.